The molecule has 0 aromatic heterocycles. The lowest BCUT2D eigenvalue weighted by Crippen LogP contribution is -2.47. The molecule has 3 rings (SSSR count). The van der Waals surface area contributed by atoms with E-state index in [0.717, 1.165) is 63.5 Å². The molecule has 1 unspecified atom stereocenters. The first-order valence-electron chi connectivity index (χ1n) is 9.94. The molecule has 0 saturated carbocycles. The number of hydrogen-bond acceptors (Lipinski definition) is 4. The van der Waals surface area contributed by atoms with E-state index in [4.69, 9.17) is 4.74 Å². The summed E-state index contributed by atoms with van der Waals surface area (Å²) >= 11 is 0. The number of carbonyl (C=O) groups is 2. The van der Waals surface area contributed by atoms with Crippen LogP contribution in [0.15, 0.2) is 24.3 Å². The van der Waals surface area contributed by atoms with Crippen molar-refractivity contribution in [3.63, 3.8) is 0 Å². The van der Waals surface area contributed by atoms with Gasteiger partial charge < -0.3 is 14.5 Å². The minimum absolute atomic E-state index is 0.0986. The zero-order chi connectivity index (χ0) is 19.2. The molecule has 0 radical (unpaired) electrons. The Kier molecular flexibility index (Phi) is 6.85. The van der Waals surface area contributed by atoms with Gasteiger partial charge in [0.25, 0.3) is 0 Å². The van der Waals surface area contributed by atoms with Gasteiger partial charge in [-0.05, 0) is 24.5 Å². The monoisotopic (exact) mass is 373 g/mol. The fraction of sp³-hybridized carbons (Fsp3) is 0.619. The molecule has 2 aliphatic heterocycles. The molecule has 27 heavy (non-hydrogen) atoms. The van der Waals surface area contributed by atoms with E-state index in [1.54, 1.807) is 6.92 Å². The highest BCUT2D eigenvalue weighted by molar-refractivity contribution is 5.80. The van der Waals surface area contributed by atoms with Crippen LogP contribution >= 0.6 is 0 Å². The van der Waals surface area contributed by atoms with Gasteiger partial charge in [-0.25, -0.2) is 0 Å². The van der Waals surface area contributed by atoms with E-state index in [-0.39, 0.29) is 17.9 Å². The molecule has 6 nitrogen and oxygen atoms in total. The van der Waals surface area contributed by atoms with Crippen LogP contribution in [-0.2, 0) is 20.7 Å². The first-order valence-corrected chi connectivity index (χ1v) is 9.94. The summed E-state index contributed by atoms with van der Waals surface area (Å²) < 4.78 is 5.39. The summed E-state index contributed by atoms with van der Waals surface area (Å²) in [6.07, 6.45) is 1.30. The van der Waals surface area contributed by atoms with Crippen LogP contribution in [0.25, 0.3) is 0 Å². The van der Waals surface area contributed by atoms with Crippen molar-refractivity contribution < 1.29 is 14.3 Å². The van der Waals surface area contributed by atoms with Gasteiger partial charge in [-0.15, -0.1) is 0 Å². The van der Waals surface area contributed by atoms with Crippen LogP contribution in [0.1, 0.15) is 24.5 Å². The zero-order valence-corrected chi connectivity index (χ0v) is 16.5. The number of benzene rings is 1. The van der Waals surface area contributed by atoms with Crippen LogP contribution in [0.4, 0.5) is 0 Å². The van der Waals surface area contributed by atoms with Crippen molar-refractivity contribution in [3.8, 4) is 0 Å². The summed E-state index contributed by atoms with van der Waals surface area (Å²) in [7, 11) is 0. The molecule has 1 aromatic rings. The second-order valence-corrected chi connectivity index (χ2v) is 7.55. The Bertz CT molecular complexity index is 658. The summed E-state index contributed by atoms with van der Waals surface area (Å²) in [5.74, 6) is 0.255. The molecule has 0 aliphatic carbocycles. The summed E-state index contributed by atoms with van der Waals surface area (Å²) in [5, 5.41) is 0. The normalized spacial score (nSPS) is 20.7. The number of carbonyl (C=O) groups excluding carboxylic acids is 2. The number of morpholine rings is 1. The molecule has 1 aromatic carbocycles. The van der Waals surface area contributed by atoms with Gasteiger partial charge >= 0.3 is 0 Å². The lowest BCUT2D eigenvalue weighted by Gasteiger charge is -2.32. The van der Waals surface area contributed by atoms with E-state index in [0.29, 0.717) is 13.0 Å². The number of rotatable bonds is 6. The second-order valence-electron chi connectivity index (χ2n) is 7.55. The number of likely N-dealkylation sites (tertiary alicyclic amines) is 1. The minimum atomic E-state index is 0.0986. The van der Waals surface area contributed by atoms with Crippen molar-refractivity contribution in [2.75, 3.05) is 52.5 Å². The van der Waals surface area contributed by atoms with E-state index in [1.165, 1.54) is 0 Å². The van der Waals surface area contributed by atoms with Crippen molar-refractivity contribution >= 4 is 11.8 Å². The Morgan fingerprint density at radius 3 is 2.63 bits per heavy atom. The third-order valence-electron chi connectivity index (χ3n) is 5.73. The highest BCUT2D eigenvalue weighted by atomic mass is 16.5. The van der Waals surface area contributed by atoms with Gasteiger partial charge in [0.15, 0.2) is 0 Å². The van der Waals surface area contributed by atoms with E-state index >= 15 is 0 Å². The van der Waals surface area contributed by atoms with Crippen molar-refractivity contribution in [1.82, 2.24) is 14.7 Å². The van der Waals surface area contributed by atoms with Gasteiger partial charge in [-0.1, -0.05) is 24.3 Å². The number of hydrogen-bond donors (Lipinski definition) is 0. The van der Waals surface area contributed by atoms with E-state index in [2.05, 4.69) is 4.90 Å². The summed E-state index contributed by atoms with van der Waals surface area (Å²) in [5.41, 5.74) is 2.24. The van der Waals surface area contributed by atoms with Crippen LogP contribution in [-0.4, -0.2) is 85.0 Å². The Balaban J connectivity index is 1.53. The molecule has 0 spiro atoms. The molecule has 1 atom stereocenters. The Morgan fingerprint density at radius 1 is 1.19 bits per heavy atom. The molecular weight excluding hydrogens is 342 g/mol. The fourth-order valence-corrected chi connectivity index (χ4v) is 3.98. The fourth-order valence-electron chi connectivity index (χ4n) is 3.98. The van der Waals surface area contributed by atoms with Crippen LogP contribution in [0.3, 0.4) is 0 Å². The molecule has 0 bridgehead atoms. The van der Waals surface area contributed by atoms with Gasteiger partial charge in [-0.3, -0.25) is 14.5 Å². The van der Waals surface area contributed by atoms with Crippen LogP contribution in [0.2, 0.25) is 0 Å². The first kappa shape index (κ1) is 19.8. The van der Waals surface area contributed by atoms with Crippen molar-refractivity contribution in [1.29, 1.82) is 0 Å². The van der Waals surface area contributed by atoms with E-state index in [9.17, 15) is 9.59 Å². The maximum atomic E-state index is 12.7. The molecule has 0 N–H and O–H groups in total. The number of amides is 2. The SMILES string of the molecule is CC(=O)N(CCN1CCOCC1)C1CCN(C(=O)Cc2ccccc2C)C1. The maximum Gasteiger partial charge on any atom is 0.227 e. The van der Waals surface area contributed by atoms with Gasteiger partial charge in [0.2, 0.25) is 11.8 Å². The molecule has 2 saturated heterocycles. The zero-order valence-electron chi connectivity index (χ0n) is 16.5. The minimum Gasteiger partial charge on any atom is -0.379 e. The molecule has 6 heteroatoms. The van der Waals surface area contributed by atoms with Gasteiger partial charge in [0, 0.05) is 46.2 Å². The highest BCUT2D eigenvalue weighted by Gasteiger charge is 2.31. The van der Waals surface area contributed by atoms with Crippen LogP contribution in [0.5, 0.6) is 0 Å². The highest BCUT2D eigenvalue weighted by Crippen LogP contribution is 2.18. The number of nitrogens with zero attached hydrogens (tertiary/aromatic N) is 3. The number of ether oxygens (including phenoxy) is 1. The average Bonchev–Trinajstić information content (AvgIpc) is 3.14. The van der Waals surface area contributed by atoms with E-state index < -0.39 is 0 Å². The quantitative estimate of drug-likeness (QED) is 0.755. The average molecular weight is 373 g/mol. The molecule has 148 valence electrons. The predicted octanol–water partition coefficient (Wildman–Crippen LogP) is 1.32. The van der Waals surface area contributed by atoms with Crippen LogP contribution in [0, 0.1) is 6.92 Å². The Hall–Kier alpha value is -1.92. The summed E-state index contributed by atoms with van der Waals surface area (Å²) in [4.78, 5) is 31.1. The summed E-state index contributed by atoms with van der Waals surface area (Å²) in [6.45, 7) is 10.0. The molecular formula is C21H31N3O3. The number of aryl methyl sites for hydroxylation is 1. The molecule has 2 fully saturated rings. The maximum absolute atomic E-state index is 12.7. The van der Waals surface area contributed by atoms with Gasteiger partial charge in [-0.2, -0.15) is 0 Å². The standard InChI is InChI=1S/C21H31N3O3/c1-17-5-3-4-6-19(17)15-21(26)23-8-7-20(16-23)24(18(2)25)10-9-22-11-13-27-14-12-22/h3-6,20H,7-16H2,1-2H3. The molecule has 2 aliphatic rings. The third-order valence-corrected chi connectivity index (χ3v) is 5.73. The smallest absolute Gasteiger partial charge is 0.227 e. The Morgan fingerprint density at radius 2 is 1.93 bits per heavy atom. The lowest BCUT2D eigenvalue weighted by atomic mass is 10.1. The van der Waals surface area contributed by atoms with E-state index in [1.807, 2.05) is 41.0 Å². The third kappa shape index (κ3) is 5.30. The van der Waals surface area contributed by atoms with Gasteiger partial charge in [0.05, 0.1) is 25.7 Å². The van der Waals surface area contributed by atoms with Crippen molar-refractivity contribution in [2.45, 2.75) is 32.7 Å². The molecule has 2 heterocycles. The topological polar surface area (TPSA) is 53.1 Å². The van der Waals surface area contributed by atoms with Gasteiger partial charge in [0.1, 0.15) is 0 Å². The van der Waals surface area contributed by atoms with Crippen LogP contribution < -0.4 is 0 Å². The van der Waals surface area contributed by atoms with Crippen molar-refractivity contribution in [3.05, 3.63) is 35.4 Å². The lowest BCUT2D eigenvalue weighted by molar-refractivity contribution is -0.133. The largest absolute Gasteiger partial charge is 0.379 e. The predicted molar refractivity (Wildman–Crippen MR) is 105 cm³/mol. The Labute approximate surface area is 162 Å². The van der Waals surface area contributed by atoms with Crippen molar-refractivity contribution in [2.24, 2.45) is 0 Å². The second kappa shape index (κ2) is 9.33. The summed E-state index contributed by atoms with van der Waals surface area (Å²) in [6, 6.07) is 8.16. The molecule has 2 amide bonds. The first-order chi connectivity index (χ1) is 13.0.